The zero-order valence-electron chi connectivity index (χ0n) is 18.9. The summed E-state index contributed by atoms with van der Waals surface area (Å²) in [6.07, 6.45) is 11.2. The normalized spacial score (nSPS) is 15.9. The zero-order chi connectivity index (χ0) is 22.8. The molecule has 0 saturated carbocycles. The smallest absolute Gasteiger partial charge is 0.232 e. The van der Waals surface area contributed by atoms with Gasteiger partial charge in [-0.2, -0.15) is 0 Å². The molecule has 0 spiro atoms. The van der Waals surface area contributed by atoms with E-state index in [9.17, 15) is 4.79 Å². The van der Waals surface area contributed by atoms with Crippen molar-refractivity contribution in [2.24, 2.45) is 4.99 Å². The van der Waals surface area contributed by atoms with Crippen molar-refractivity contribution in [2.75, 3.05) is 30.8 Å². The Kier molecular flexibility index (Phi) is 8.91. The van der Waals surface area contributed by atoms with E-state index >= 15 is 0 Å². The molecule has 9 heteroatoms. The predicted molar refractivity (Wildman–Crippen MR) is 131 cm³/mol. The van der Waals surface area contributed by atoms with Gasteiger partial charge >= 0.3 is 0 Å². The number of pyridine rings is 1. The number of nitrogens with zero attached hydrogens (tertiary/aromatic N) is 5. The molecule has 0 aromatic carbocycles. The summed E-state index contributed by atoms with van der Waals surface area (Å²) in [6.45, 7) is 6.15. The van der Waals surface area contributed by atoms with Crippen LogP contribution in [0.1, 0.15) is 38.8 Å². The molecule has 1 saturated heterocycles. The van der Waals surface area contributed by atoms with Crippen LogP contribution in [0.2, 0.25) is 0 Å². The van der Waals surface area contributed by atoms with Crippen molar-refractivity contribution in [2.45, 2.75) is 45.6 Å². The Labute approximate surface area is 193 Å². The fourth-order valence-electron chi connectivity index (χ4n) is 3.33. The van der Waals surface area contributed by atoms with Gasteiger partial charge in [0.1, 0.15) is 5.84 Å². The molecule has 1 aliphatic rings. The van der Waals surface area contributed by atoms with Gasteiger partial charge in [0.05, 0.1) is 6.42 Å². The van der Waals surface area contributed by atoms with Crippen LogP contribution in [0.15, 0.2) is 53.2 Å². The lowest BCUT2D eigenvalue weighted by Crippen LogP contribution is -2.41. The van der Waals surface area contributed by atoms with Crippen LogP contribution in [0, 0.1) is 0 Å². The number of rotatable bonds is 8. The van der Waals surface area contributed by atoms with E-state index in [4.69, 9.17) is 0 Å². The lowest BCUT2D eigenvalue weighted by molar-refractivity contribution is -0.115. The fourth-order valence-corrected chi connectivity index (χ4v) is 4.06. The van der Waals surface area contributed by atoms with Crippen LogP contribution in [-0.4, -0.2) is 58.0 Å². The van der Waals surface area contributed by atoms with E-state index in [0.717, 1.165) is 49.0 Å². The second kappa shape index (κ2) is 12.1. The maximum atomic E-state index is 12.2. The topological polar surface area (TPSA) is 95.4 Å². The van der Waals surface area contributed by atoms with Crippen LogP contribution in [-0.2, 0) is 11.2 Å². The van der Waals surface area contributed by atoms with Gasteiger partial charge in [-0.05, 0) is 44.4 Å². The minimum absolute atomic E-state index is 0.150. The number of anilines is 2. The quantitative estimate of drug-likeness (QED) is 0.357. The third-order valence-electron chi connectivity index (χ3n) is 5.30. The van der Waals surface area contributed by atoms with E-state index in [-0.39, 0.29) is 12.3 Å². The van der Waals surface area contributed by atoms with Gasteiger partial charge in [-0.3, -0.25) is 14.8 Å². The molecule has 0 bridgehead atoms. The number of aromatic nitrogens is 3. The number of amides is 1. The molecule has 3 rings (SSSR count). The van der Waals surface area contributed by atoms with Gasteiger partial charge < -0.3 is 15.5 Å². The molecular weight excluding hydrogens is 422 g/mol. The van der Waals surface area contributed by atoms with Crippen LogP contribution in [0.4, 0.5) is 10.3 Å². The molecule has 1 aliphatic heterocycles. The molecule has 8 nitrogen and oxygen atoms in total. The first-order valence-electron chi connectivity index (χ1n) is 10.9. The molecule has 0 aliphatic carbocycles. The van der Waals surface area contributed by atoms with Crippen LogP contribution in [0.3, 0.4) is 0 Å². The average molecular weight is 454 g/mol. The summed E-state index contributed by atoms with van der Waals surface area (Å²) in [5.74, 6) is 0.862. The monoisotopic (exact) mass is 453 g/mol. The van der Waals surface area contributed by atoms with Crippen molar-refractivity contribution in [1.29, 1.82) is 0 Å². The summed E-state index contributed by atoms with van der Waals surface area (Å²) < 4.78 is 0. The second-order valence-corrected chi connectivity index (χ2v) is 8.65. The Balaban J connectivity index is 1.45. The number of carbonyl (C=O) groups is 1. The van der Waals surface area contributed by atoms with E-state index in [1.54, 1.807) is 6.20 Å². The number of hydrogen-bond donors (Lipinski definition) is 2. The highest BCUT2D eigenvalue weighted by atomic mass is 32.1. The first-order valence-corrected chi connectivity index (χ1v) is 11.7. The third-order valence-corrected chi connectivity index (χ3v) is 6.07. The van der Waals surface area contributed by atoms with Crippen LogP contribution in [0.5, 0.6) is 0 Å². The molecule has 2 N–H and O–H groups in total. The second-order valence-electron chi connectivity index (χ2n) is 7.67. The minimum atomic E-state index is -0.150. The average Bonchev–Trinajstić information content (AvgIpc) is 3.24. The summed E-state index contributed by atoms with van der Waals surface area (Å²) in [5.41, 5.74) is 2.07. The van der Waals surface area contributed by atoms with E-state index in [1.165, 1.54) is 16.9 Å². The van der Waals surface area contributed by atoms with Gasteiger partial charge in [-0.15, -0.1) is 10.2 Å². The Morgan fingerprint density at radius 3 is 2.75 bits per heavy atom. The van der Waals surface area contributed by atoms with Crippen molar-refractivity contribution in [3.05, 3.63) is 53.9 Å². The van der Waals surface area contributed by atoms with Gasteiger partial charge in [-0.1, -0.05) is 42.1 Å². The van der Waals surface area contributed by atoms with E-state index in [1.807, 2.05) is 25.2 Å². The maximum absolute atomic E-state index is 12.2. The summed E-state index contributed by atoms with van der Waals surface area (Å²) >= 11 is 1.35. The maximum Gasteiger partial charge on any atom is 0.232 e. The standard InChI is InChI=1S/C23H31N7OS/c1-4-17(2)8-7-10-20(24-3)30-14-11-18(12-15-30)26-22-28-29-23(32-22)27-21(31)16-19-9-5-6-13-25-19/h5-10,13,18H,4,11-12,14-16H2,1-3H3,(H,26,28)(H,27,29,31)/b10-7-,17-8+,24-20+. The highest BCUT2D eigenvalue weighted by molar-refractivity contribution is 7.19. The zero-order valence-corrected chi connectivity index (χ0v) is 19.7. The van der Waals surface area contributed by atoms with Gasteiger partial charge in [-0.25, -0.2) is 0 Å². The number of nitrogens with one attached hydrogen (secondary N) is 2. The lowest BCUT2D eigenvalue weighted by atomic mass is 10.1. The SMILES string of the molecule is CC/C(C)=C/C=C\C(=N/C)N1CCC(Nc2nnc(NC(=O)Cc3ccccn3)s2)CC1. The highest BCUT2D eigenvalue weighted by Crippen LogP contribution is 2.23. The van der Waals surface area contributed by atoms with Crippen LogP contribution < -0.4 is 10.6 Å². The van der Waals surface area contributed by atoms with Crippen LogP contribution >= 0.6 is 11.3 Å². The van der Waals surface area contributed by atoms with Crippen molar-refractivity contribution < 1.29 is 4.79 Å². The number of carbonyl (C=O) groups excluding carboxylic acids is 1. The van der Waals surface area contributed by atoms with Crippen molar-refractivity contribution in [1.82, 2.24) is 20.1 Å². The Bertz CT molecular complexity index is 960. The number of aliphatic imine (C=N–C) groups is 1. The van der Waals surface area contributed by atoms with Gasteiger partial charge in [0.15, 0.2) is 0 Å². The fraction of sp³-hybridized carbons (Fsp3) is 0.435. The molecular formula is C23H31N7OS. The lowest BCUT2D eigenvalue weighted by Gasteiger charge is -2.33. The predicted octanol–water partition coefficient (Wildman–Crippen LogP) is 3.93. The van der Waals surface area contributed by atoms with E-state index in [2.05, 4.69) is 67.8 Å². The summed E-state index contributed by atoms with van der Waals surface area (Å²) in [5, 5.41) is 15.7. The Morgan fingerprint density at radius 1 is 1.28 bits per heavy atom. The number of hydrogen-bond acceptors (Lipinski definition) is 7. The Hall–Kier alpha value is -3.07. The third kappa shape index (κ3) is 7.26. The van der Waals surface area contributed by atoms with Crippen molar-refractivity contribution >= 4 is 33.3 Å². The molecule has 170 valence electrons. The molecule has 0 atom stereocenters. The van der Waals surface area contributed by atoms with Gasteiger partial charge in [0, 0.05) is 38.1 Å². The number of likely N-dealkylation sites (tertiary alicyclic amines) is 1. The highest BCUT2D eigenvalue weighted by Gasteiger charge is 2.21. The van der Waals surface area contributed by atoms with Crippen molar-refractivity contribution in [3.63, 3.8) is 0 Å². The molecule has 32 heavy (non-hydrogen) atoms. The van der Waals surface area contributed by atoms with E-state index < -0.39 is 0 Å². The van der Waals surface area contributed by atoms with Crippen LogP contribution in [0.25, 0.3) is 0 Å². The Morgan fingerprint density at radius 2 is 2.06 bits per heavy atom. The van der Waals surface area contributed by atoms with Gasteiger partial charge in [0.2, 0.25) is 16.2 Å². The summed E-state index contributed by atoms with van der Waals surface area (Å²) in [7, 11) is 1.84. The summed E-state index contributed by atoms with van der Waals surface area (Å²) in [4.78, 5) is 23.1. The number of amidine groups is 1. The minimum Gasteiger partial charge on any atom is -0.357 e. The van der Waals surface area contributed by atoms with E-state index in [0.29, 0.717) is 11.2 Å². The van der Waals surface area contributed by atoms with Crippen molar-refractivity contribution in [3.8, 4) is 0 Å². The van der Waals surface area contributed by atoms with Gasteiger partial charge in [0.25, 0.3) is 0 Å². The molecule has 2 aromatic rings. The molecule has 0 radical (unpaired) electrons. The molecule has 0 unspecified atom stereocenters. The first kappa shape index (κ1) is 23.6. The summed E-state index contributed by atoms with van der Waals surface area (Å²) in [6, 6.07) is 5.84. The number of piperidine rings is 1. The molecule has 3 heterocycles. The number of allylic oxidation sites excluding steroid dienone is 3. The molecule has 1 amide bonds. The first-order chi connectivity index (χ1) is 15.6. The molecule has 1 fully saturated rings. The molecule has 2 aromatic heterocycles. The largest absolute Gasteiger partial charge is 0.357 e.